The lowest BCUT2D eigenvalue weighted by Gasteiger charge is -2.45. The minimum atomic E-state index is -0.989. The number of aliphatic hydroxyl groups is 1. The molecule has 1 aliphatic rings. The number of aromatic nitrogens is 2. The van der Waals surface area contributed by atoms with Crippen molar-refractivity contribution in [3.05, 3.63) is 78.1 Å². The standard InChI is InChI=1S/C26H29N3O4/c1-18(19-9-11-20(12-10-19)22-15-28-23(30)16-27-22)29-14-13-26(33-24(29)31,17-25(2,3)32)21-7-5-4-6-8-21/h4-12,15-16,18,32H,13-14,17H2,1-3H3,(H,28,30)/t18-,26-/m0/s1. The Balaban J connectivity index is 1.53. The van der Waals surface area contributed by atoms with Gasteiger partial charge in [-0.05, 0) is 31.9 Å². The molecule has 1 saturated heterocycles. The molecule has 0 bridgehead atoms. The van der Waals surface area contributed by atoms with Crippen molar-refractivity contribution in [1.82, 2.24) is 14.9 Å². The first kappa shape index (κ1) is 22.7. The van der Waals surface area contributed by atoms with E-state index in [0.717, 1.165) is 16.7 Å². The van der Waals surface area contributed by atoms with Gasteiger partial charge in [0.1, 0.15) is 5.60 Å². The minimum Gasteiger partial charge on any atom is -0.492 e. The van der Waals surface area contributed by atoms with Crippen LogP contribution >= 0.6 is 0 Å². The van der Waals surface area contributed by atoms with E-state index in [1.54, 1.807) is 18.7 Å². The van der Waals surface area contributed by atoms with Gasteiger partial charge in [0.2, 0.25) is 5.88 Å². The summed E-state index contributed by atoms with van der Waals surface area (Å²) in [5.74, 6) is -0.122. The lowest BCUT2D eigenvalue weighted by Crippen LogP contribution is -2.51. The lowest BCUT2D eigenvalue weighted by molar-refractivity contribution is -0.101. The number of hydrogen-bond acceptors (Lipinski definition) is 6. The van der Waals surface area contributed by atoms with Crippen LogP contribution in [0.3, 0.4) is 0 Å². The largest absolute Gasteiger partial charge is 0.492 e. The zero-order valence-electron chi connectivity index (χ0n) is 19.1. The van der Waals surface area contributed by atoms with Crippen molar-refractivity contribution in [1.29, 1.82) is 0 Å². The van der Waals surface area contributed by atoms with Crippen molar-refractivity contribution < 1.29 is 19.7 Å². The van der Waals surface area contributed by atoms with Crippen LogP contribution in [0, 0.1) is 0 Å². The van der Waals surface area contributed by atoms with Gasteiger partial charge in [0.15, 0.2) is 0 Å². The van der Waals surface area contributed by atoms with Crippen LogP contribution in [-0.2, 0) is 10.3 Å². The van der Waals surface area contributed by atoms with E-state index in [9.17, 15) is 15.0 Å². The van der Waals surface area contributed by atoms with E-state index >= 15 is 0 Å². The molecule has 172 valence electrons. The average molecular weight is 448 g/mol. The summed E-state index contributed by atoms with van der Waals surface area (Å²) in [4.78, 5) is 23.0. The molecule has 2 atom stereocenters. The summed E-state index contributed by atoms with van der Waals surface area (Å²) in [6.45, 7) is 5.96. The van der Waals surface area contributed by atoms with Gasteiger partial charge in [0.25, 0.3) is 0 Å². The van der Waals surface area contributed by atoms with Crippen molar-refractivity contribution in [2.45, 2.75) is 50.9 Å². The lowest BCUT2D eigenvalue weighted by atomic mass is 9.80. The van der Waals surface area contributed by atoms with Gasteiger partial charge >= 0.3 is 6.09 Å². The third kappa shape index (κ3) is 4.98. The Hall–Kier alpha value is -3.45. The summed E-state index contributed by atoms with van der Waals surface area (Å²) < 4.78 is 6.08. The number of amides is 1. The Morgan fingerprint density at radius 1 is 1.09 bits per heavy atom. The van der Waals surface area contributed by atoms with E-state index in [1.807, 2.05) is 61.5 Å². The molecule has 2 N–H and O–H groups in total. The Kier molecular flexibility index (Phi) is 6.08. The summed E-state index contributed by atoms with van der Waals surface area (Å²) >= 11 is 0. The fraction of sp³-hybridized carbons (Fsp3) is 0.346. The van der Waals surface area contributed by atoms with Crippen LogP contribution in [0.1, 0.15) is 50.8 Å². The third-order valence-electron chi connectivity index (χ3n) is 6.09. The van der Waals surface area contributed by atoms with Gasteiger partial charge in [-0.3, -0.25) is 0 Å². The predicted octanol–water partition coefficient (Wildman–Crippen LogP) is 4.81. The molecule has 3 aromatic rings. The molecule has 1 amide bonds. The van der Waals surface area contributed by atoms with Crippen LogP contribution in [-0.4, -0.2) is 43.3 Å². The highest BCUT2D eigenvalue weighted by Crippen LogP contribution is 2.42. The Morgan fingerprint density at radius 3 is 2.36 bits per heavy atom. The Morgan fingerprint density at radius 2 is 1.79 bits per heavy atom. The van der Waals surface area contributed by atoms with E-state index in [-0.39, 0.29) is 11.9 Å². The fourth-order valence-corrected chi connectivity index (χ4v) is 4.47. The van der Waals surface area contributed by atoms with Crippen LogP contribution in [0.2, 0.25) is 0 Å². The molecule has 0 spiro atoms. The molecule has 2 aromatic carbocycles. The number of carbonyl (C=O) groups excluding carboxylic acids is 1. The maximum absolute atomic E-state index is 13.2. The van der Waals surface area contributed by atoms with E-state index in [0.29, 0.717) is 25.1 Å². The maximum atomic E-state index is 13.2. The number of nitrogens with zero attached hydrogens (tertiary/aromatic N) is 3. The van der Waals surface area contributed by atoms with Gasteiger partial charge in [-0.25, -0.2) is 14.8 Å². The highest BCUT2D eigenvalue weighted by atomic mass is 16.6. The summed E-state index contributed by atoms with van der Waals surface area (Å²) in [5.41, 5.74) is 1.53. The molecule has 7 heteroatoms. The average Bonchev–Trinajstić information content (AvgIpc) is 2.79. The van der Waals surface area contributed by atoms with Gasteiger partial charge in [-0.2, -0.15) is 0 Å². The Bertz CT molecular complexity index is 1100. The fourth-order valence-electron chi connectivity index (χ4n) is 4.47. The molecule has 0 saturated carbocycles. The first-order chi connectivity index (χ1) is 15.7. The SMILES string of the molecule is C[C@@H](c1ccc(-c2cnc(O)cn2)cc1)N1CC[C@](CC(C)(C)O)(c2ccccc2)OC1=O. The quantitative estimate of drug-likeness (QED) is 0.563. The second-order valence-corrected chi connectivity index (χ2v) is 9.22. The molecule has 0 aliphatic carbocycles. The van der Waals surface area contributed by atoms with Crippen LogP contribution in [0.4, 0.5) is 4.79 Å². The molecule has 0 radical (unpaired) electrons. The van der Waals surface area contributed by atoms with E-state index in [2.05, 4.69) is 9.97 Å². The maximum Gasteiger partial charge on any atom is 0.411 e. The van der Waals surface area contributed by atoms with Crippen LogP contribution in [0.15, 0.2) is 67.0 Å². The highest BCUT2D eigenvalue weighted by Gasteiger charge is 2.46. The molecular weight excluding hydrogens is 418 g/mol. The number of aromatic hydroxyl groups is 1. The molecule has 2 heterocycles. The highest BCUT2D eigenvalue weighted by molar-refractivity contribution is 5.70. The molecule has 1 fully saturated rings. The number of rotatable bonds is 6. The number of ether oxygens (including phenoxy) is 1. The minimum absolute atomic E-state index is 0.122. The van der Waals surface area contributed by atoms with Gasteiger partial charge < -0.3 is 19.8 Å². The van der Waals surface area contributed by atoms with E-state index in [4.69, 9.17) is 4.74 Å². The zero-order valence-corrected chi connectivity index (χ0v) is 19.1. The number of carbonyl (C=O) groups is 1. The van der Waals surface area contributed by atoms with E-state index < -0.39 is 17.3 Å². The Labute approximate surface area is 193 Å². The van der Waals surface area contributed by atoms with Crippen LogP contribution in [0.25, 0.3) is 11.3 Å². The van der Waals surface area contributed by atoms with Crippen molar-refractivity contribution >= 4 is 6.09 Å². The topological polar surface area (TPSA) is 95.8 Å². The molecule has 1 aliphatic heterocycles. The summed E-state index contributed by atoms with van der Waals surface area (Å²) in [5, 5.41) is 19.9. The molecule has 33 heavy (non-hydrogen) atoms. The number of hydrogen-bond donors (Lipinski definition) is 2. The third-order valence-corrected chi connectivity index (χ3v) is 6.09. The smallest absolute Gasteiger partial charge is 0.411 e. The van der Waals surface area contributed by atoms with Gasteiger partial charge in [0, 0.05) is 24.9 Å². The van der Waals surface area contributed by atoms with Crippen LogP contribution < -0.4 is 0 Å². The first-order valence-electron chi connectivity index (χ1n) is 11.1. The summed E-state index contributed by atoms with van der Waals surface area (Å²) in [6, 6.07) is 17.2. The van der Waals surface area contributed by atoms with Crippen molar-refractivity contribution in [3.8, 4) is 17.1 Å². The van der Waals surface area contributed by atoms with Crippen molar-refractivity contribution in [2.24, 2.45) is 0 Å². The second-order valence-electron chi connectivity index (χ2n) is 9.22. The van der Waals surface area contributed by atoms with Gasteiger partial charge in [-0.15, -0.1) is 0 Å². The molecule has 1 aromatic heterocycles. The number of cyclic esters (lactones) is 1. The molecular formula is C26H29N3O4. The van der Waals surface area contributed by atoms with Gasteiger partial charge in [0.05, 0.1) is 29.7 Å². The monoisotopic (exact) mass is 447 g/mol. The molecule has 0 unspecified atom stereocenters. The summed E-state index contributed by atoms with van der Waals surface area (Å²) in [7, 11) is 0. The number of benzene rings is 2. The molecule has 7 nitrogen and oxygen atoms in total. The summed E-state index contributed by atoms with van der Waals surface area (Å²) in [6.07, 6.45) is 3.33. The van der Waals surface area contributed by atoms with E-state index in [1.165, 1.54) is 12.4 Å². The molecule has 4 rings (SSSR count). The second kappa shape index (κ2) is 8.83. The van der Waals surface area contributed by atoms with Crippen molar-refractivity contribution in [2.75, 3.05) is 6.54 Å². The van der Waals surface area contributed by atoms with Crippen molar-refractivity contribution in [3.63, 3.8) is 0 Å². The normalized spacial score (nSPS) is 19.8. The van der Waals surface area contributed by atoms with Gasteiger partial charge in [-0.1, -0.05) is 54.6 Å². The zero-order chi connectivity index (χ0) is 23.6. The first-order valence-corrected chi connectivity index (χ1v) is 11.1. The van der Waals surface area contributed by atoms with Crippen LogP contribution in [0.5, 0.6) is 5.88 Å². The predicted molar refractivity (Wildman–Crippen MR) is 124 cm³/mol.